The summed E-state index contributed by atoms with van der Waals surface area (Å²) in [7, 11) is 0. The van der Waals surface area contributed by atoms with Gasteiger partial charge in [-0.15, -0.1) is 0 Å². The topological polar surface area (TPSA) is 61.4 Å². The molecule has 1 aromatic carbocycles. The van der Waals surface area contributed by atoms with Gasteiger partial charge in [0.15, 0.2) is 0 Å². The number of aliphatic hydroxyl groups excluding tert-OH is 1. The van der Waals surface area contributed by atoms with Crippen molar-refractivity contribution in [2.45, 2.75) is 44.2 Å². The maximum atomic E-state index is 12.1. The number of rotatable bonds is 4. The van der Waals surface area contributed by atoms with E-state index in [-0.39, 0.29) is 18.7 Å². The van der Waals surface area contributed by atoms with Crippen molar-refractivity contribution in [2.75, 3.05) is 6.61 Å². The molecule has 0 saturated heterocycles. The van der Waals surface area contributed by atoms with Crippen molar-refractivity contribution < 1.29 is 9.90 Å². The molecule has 0 radical (unpaired) electrons. The average molecular weight is 341 g/mol. The molecule has 0 aliphatic heterocycles. The van der Waals surface area contributed by atoms with E-state index in [0.29, 0.717) is 0 Å². The highest BCUT2D eigenvalue weighted by Crippen LogP contribution is 2.29. The molecule has 3 N–H and O–H groups in total. The van der Waals surface area contributed by atoms with Gasteiger partial charge in [-0.25, -0.2) is 4.79 Å². The largest absolute Gasteiger partial charge is 0.394 e. The fraction of sp³-hybridized carbons (Fsp3) is 0.533. The van der Waals surface area contributed by atoms with E-state index in [1.54, 1.807) is 0 Å². The highest BCUT2D eigenvalue weighted by atomic mass is 79.9. The monoisotopic (exact) mass is 340 g/mol. The lowest BCUT2D eigenvalue weighted by Crippen LogP contribution is -2.53. The van der Waals surface area contributed by atoms with E-state index in [9.17, 15) is 9.90 Å². The predicted molar refractivity (Wildman–Crippen MR) is 82.5 cm³/mol. The SMILES string of the molecule is CC(NC(=O)NC1(CO)CCCC1)c1cccc(Br)c1. The minimum atomic E-state index is -0.429. The Balaban J connectivity index is 1.94. The van der Waals surface area contributed by atoms with E-state index in [0.717, 1.165) is 35.7 Å². The molecule has 4 nitrogen and oxygen atoms in total. The first-order valence-electron chi connectivity index (χ1n) is 7.00. The Morgan fingerprint density at radius 2 is 2.15 bits per heavy atom. The van der Waals surface area contributed by atoms with Crippen LogP contribution in [0.1, 0.15) is 44.2 Å². The van der Waals surface area contributed by atoms with Gasteiger partial charge in [0.25, 0.3) is 0 Å². The first-order chi connectivity index (χ1) is 9.54. The maximum Gasteiger partial charge on any atom is 0.315 e. The Hall–Kier alpha value is -1.07. The molecule has 20 heavy (non-hydrogen) atoms. The van der Waals surface area contributed by atoms with Crippen molar-refractivity contribution in [2.24, 2.45) is 0 Å². The Morgan fingerprint density at radius 3 is 2.75 bits per heavy atom. The van der Waals surface area contributed by atoms with Gasteiger partial charge >= 0.3 is 6.03 Å². The van der Waals surface area contributed by atoms with Crippen molar-refractivity contribution in [1.29, 1.82) is 0 Å². The number of amides is 2. The number of urea groups is 1. The fourth-order valence-corrected chi connectivity index (χ4v) is 3.12. The molecule has 1 aliphatic rings. The molecule has 1 fully saturated rings. The molecule has 2 amide bonds. The summed E-state index contributed by atoms with van der Waals surface area (Å²) in [5.41, 5.74) is 0.611. The third-order valence-corrected chi connectivity index (χ3v) is 4.43. The van der Waals surface area contributed by atoms with Crippen LogP contribution in [0.25, 0.3) is 0 Å². The van der Waals surface area contributed by atoms with Crippen LogP contribution in [-0.2, 0) is 0 Å². The Bertz CT molecular complexity index is 473. The number of aliphatic hydroxyl groups is 1. The van der Waals surface area contributed by atoms with Gasteiger partial charge in [-0.05, 0) is 37.5 Å². The third kappa shape index (κ3) is 3.73. The Kier molecular flexibility index (Phi) is 5.05. The molecule has 2 rings (SSSR count). The lowest BCUT2D eigenvalue weighted by Gasteiger charge is -2.29. The van der Waals surface area contributed by atoms with Crippen molar-refractivity contribution in [3.8, 4) is 0 Å². The van der Waals surface area contributed by atoms with Gasteiger partial charge in [0.05, 0.1) is 18.2 Å². The molecule has 0 heterocycles. The van der Waals surface area contributed by atoms with Crippen LogP contribution in [-0.4, -0.2) is 23.3 Å². The minimum Gasteiger partial charge on any atom is -0.394 e. The standard InChI is InChI=1S/C15H21BrN2O2/c1-11(12-5-4-6-13(16)9-12)17-14(20)18-15(10-19)7-2-3-8-15/h4-6,9,11,19H,2-3,7-8,10H2,1H3,(H2,17,18,20). The van der Waals surface area contributed by atoms with Gasteiger partial charge in [0.1, 0.15) is 0 Å². The highest BCUT2D eigenvalue weighted by Gasteiger charge is 2.34. The van der Waals surface area contributed by atoms with E-state index in [4.69, 9.17) is 0 Å². The molecule has 1 saturated carbocycles. The summed E-state index contributed by atoms with van der Waals surface area (Å²) in [6.07, 6.45) is 3.81. The Labute approximate surface area is 128 Å². The lowest BCUT2D eigenvalue weighted by atomic mass is 9.99. The number of halogens is 1. The summed E-state index contributed by atoms with van der Waals surface area (Å²) in [4.78, 5) is 12.1. The normalized spacial score (nSPS) is 18.6. The summed E-state index contributed by atoms with van der Waals surface area (Å²) in [5, 5.41) is 15.4. The van der Waals surface area contributed by atoms with Crippen LogP contribution in [0.5, 0.6) is 0 Å². The zero-order valence-electron chi connectivity index (χ0n) is 11.7. The predicted octanol–water partition coefficient (Wildman–Crippen LogP) is 3.11. The number of nitrogens with one attached hydrogen (secondary N) is 2. The minimum absolute atomic E-state index is 0.00564. The number of hydrogen-bond donors (Lipinski definition) is 3. The second kappa shape index (κ2) is 6.59. The smallest absolute Gasteiger partial charge is 0.315 e. The molecular weight excluding hydrogens is 320 g/mol. The summed E-state index contributed by atoms with van der Waals surface area (Å²) >= 11 is 3.43. The lowest BCUT2D eigenvalue weighted by molar-refractivity contribution is 0.162. The van der Waals surface area contributed by atoms with Crippen LogP contribution < -0.4 is 10.6 Å². The maximum absolute atomic E-state index is 12.1. The van der Waals surface area contributed by atoms with Crippen LogP contribution >= 0.6 is 15.9 Å². The van der Waals surface area contributed by atoms with Crippen LogP contribution in [0.2, 0.25) is 0 Å². The van der Waals surface area contributed by atoms with Crippen LogP contribution in [0.15, 0.2) is 28.7 Å². The van der Waals surface area contributed by atoms with Gasteiger partial charge in [-0.1, -0.05) is 40.9 Å². The molecule has 1 unspecified atom stereocenters. The summed E-state index contributed by atoms with van der Waals surface area (Å²) in [6.45, 7) is 1.95. The van der Waals surface area contributed by atoms with Gasteiger partial charge < -0.3 is 15.7 Å². The fourth-order valence-electron chi connectivity index (χ4n) is 2.71. The molecule has 1 atom stereocenters. The number of carbonyl (C=O) groups excluding carboxylic acids is 1. The van der Waals surface area contributed by atoms with Gasteiger partial charge in [0.2, 0.25) is 0 Å². The quantitative estimate of drug-likeness (QED) is 0.788. The zero-order valence-corrected chi connectivity index (χ0v) is 13.2. The number of carbonyl (C=O) groups is 1. The molecule has 110 valence electrons. The zero-order chi connectivity index (χ0) is 14.6. The summed E-state index contributed by atoms with van der Waals surface area (Å²) < 4.78 is 0.992. The highest BCUT2D eigenvalue weighted by molar-refractivity contribution is 9.10. The second-order valence-electron chi connectivity index (χ2n) is 5.52. The molecular formula is C15H21BrN2O2. The van der Waals surface area contributed by atoms with Gasteiger partial charge in [0, 0.05) is 4.47 Å². The van der Waals surface area contributed by atoms with Crippen molar-refractivity contribution in [3.05, 3.63) is 34.3 Å². The van der Waals surface area contributed by atoms with E-state index >= 15 is 0 Å². The van der Waals surface area contributed by atoms with Crippen LogP contribution in [0.3, 0.4) is 0 Å². The van der Waals surface area contributed by atoms with E-state index < -0.39 is 5.54 Å². The number of hydrogen-bond acceptors (Lipinski definition) is 2. The molecule has 1 aliphatic carbocycles. The second-order valence-corrected chi connectivity index (χ2v) is 6.44. The van der Waals surface area contributed by atoms with Crippen molar-refractivity contribution in [1.82, 2.24) is 10.6 Å². The molecule has 1 aromatic rings. The van der Waals surface area contributed by atoms with Gasteiger partial charge in [-0.2, -0.15) is 0 Å². The van der Waals surface area contributed by atoms with Crippen LogP contribution in [0, 0.1) is 0 Å². The first kappa shape index (κ1) is 15.3. The van der Waals surface area contributed by atoms with E-state index in [1.807, 2.05) is 31.2 Å². The third-order valence-electron chi connectivity index (χ3n) is 3.94. The van der Waals surface area contributed by atoms with E-state index in [2.05, 4.69) is 26.6 Å². The van der Waals surface area contributed by atoms with Crippen molar-refractivity contribution in [3.63, 3.8) is 0 Å². The summed E-state index contributed by atoms with van der Waals surface area (Å²) in [5.74, 6) is 0. The van der Waals surface area contributed by atoms with E-state index in [1.165, 1.54) is 0 Å². The van der Waals surface area contributed by atoms with Crippen LogP contribution in [0.4, 0.5) is 4.79 Å². The van der Waals surface area contributed by atoms with Gasteiger partial charge in [-0.3, -0.25) is 0 Å². The molecule has 0 aromatic heterocycles. The number of benzene rings is 1. The molecule has 0 bridgehead atoms. The molecule has 0 spiro atoms. The first-order valence-corrected chi connectivity index (χ1v) is 7.79. The van der Waals surface area contributed by atoms with Crippen molar-refractivity contribution >= 4 is 22.0 Å². The summed E-state index contributed by atoms with van der Waals surface area (Å²) in [6, 6.07) is 7.57. The Morgan fingerprint density at radius 1 is 1.45 bits per heavy atom. The molecule has 5 heteroatoms. The average Bonchev–Trinajstić information content (AvgIpc) is 2.87.